The normalized spacial score (nSPS) is 16.7. The second-order valence-corrected chi connectivity index (χ2v) is 8.89. The molecule has 158 valence electrons. The van der Waals surface area contributed by atoms with Gasteiger partial charge < -0.3 is 4.42 Å². The molecule has 0 unspecified atom stereocenters. The molecule has 4 nitrogen and oxygen atoms in total. The first-order valence-corrected chi connectivity index (χ1v) is 11.4. The maximum atomic E-state index is 13.0. The molecule has 7 heteroatoms. The van der Waals surface area contributed by atoms with Crippen molar-refractivity contribution in [3.63, 3.8) is 0 Å². The number of hydrogen-bond donors (Lipinski definition) is 0. The topological polar surface area (TPSA) is 45.8 Å². The average Bonchev–Trinajstić information content (AvgIpc) is 3.32. The van der Waals surface area contributed by atoms with Gasteiger partial charge in [-0.2, -0.15) is 0 Å². The first-order chi connectivity index (χ1) is 14.9. The molecule has 1 aliphatic heterocycles. The van der Waals surface area contributed by atoms with E-state index in [-0.39, 0.29) is 5.91 Å². The molecule has 0 atom stereocenters. The quantitative estimate of drug-likeness (QED) is 0.370. The third kappa shape index (κ3) is 4.31. The van der Waals surface area contributed by atoms with Gasteiger partial charge >= 0.3 is 0 Å². The molecule has 0 aliphatic carbocycles. The Kier molecular flexibility index (Phi) is 6.28. The van der Waals surface area contributed by atoms with Gasteiger partial charge in [-0.15, -0.1) is 0 Å². The highest BCUT2D eigenvalue weighted by molar-refractivity contribution is 8.18. The van der Waals surface area contributed by atoms with Crippen molar-refractivity contribution in [1.82, 2.24) is 4.90 Å². The van der Waals surface area contributed by atoms with Crippen molar-refractivity contribution < 1.29 is 9.21 Å². The van der Waals surface area contributed by atoms with Crippen molar-refractivity contribution in [3.05, 3.63) is 80.4 Å². The fourth-order valence-electron chi connectivity index (χ4n) is 3.35. The highest BCUT2D eigenvalue weighted by Gasteiger charge is 2.32. The maximum Gasteiger partial charge on any atom is 0.266 e. The highest BCUT2D eigenvalue weighted by Crippen LogP contribution is 2.37. The van der Waals surface area contributed by atoms with Crippen molar-refractivity contribution in [2.45, 2.75) is 20.8 Å². The molecule has 1 fully saturated rings. The Hall–Kier alpha value is -2.47. The SMILES string of the molecule is CCN1C(=O)/C(=C\c2ccc(-c3cccc(Cl)c3Cl)o2)SC1=Nc1c(C)cccc1C. The zero-order valence-corrected chi connectivity index (χ0v) is 19.6. The number of nitrogens with zero attached hydrogens (tertiary/aromatic N) is 2. The van der Waals surface area contributed by atoms with E-state index in [2.05, 4.69) is 0 Å². The Balaban J connectivity index is 1.67. The van der Waals surface area contributed by atoms with Crippen molar-refractivity contribution in [3.8, 4) is 11.3 Å². The summed E-state index contributed by atoms with van der Waals surface area (Å²) in [5, 5.41) is 1.56. The molecule has 0 saturated carbocycles. The van der Waals surface area contributed by atoms with Gasteiger partial charge in [0, 0.05) is 18.2 Å². The molecule has 0 radical (unpaired) electrons. The zero-order valence-electron chi connectivity index (χ0n) is 17.3. The van der Waals surface area contributed by atoms with Crippen LogP contribution in [0.25, 0.3) is 17.4 Å². The van der Waals surface area contributed by atoms with Crippen LogP contribution >= 0.6 is 35.0 Å². The minimum absolute atomic E-state index is 0.0868. The fourth-order valence-corrected chi connectivity index (χ4v) is 4.77. The number of para-hydroxylation sites is 1. The number of aliphatic imine (C=N–C) groups is 1. The fraction of sp³-hybridized carbons (Fsp3) is 0.167. The summed E-state index contributed by atoms with van der Waals surface area (Å²) in [5.41, 5.74) is 3.75. The van der Waals surface area contributed by atoms with Gasteiger partial charge in [0.05, 0.1) is 20.6 Å². The van der Waals surface area contributed by atoms with Gasteiger partial charge in [-0.05, 0) is 67.9 Å². The molecule has 1 amide bonds. The minimum Gasteiger partial charge on any atom is -0.457 e. The number of carbonyl (C=O) groups excluding carboxylic acids is 1. The van der Waals surface area contributed by atoms with Gasteiger partial charge in [-0.3, -0.25) is 9.69 Å². The molecule has 4 rings (SSSR count). The van der Waals surface area contributed by atoms with Crippen LogP contribution in [0, 0.1) is 13.8 Å². The summed E-state index contributed by atoms with van der Waals surface area (Å²) >= 11 is 13.8. The van der Waals surface area contributed by atoms with Crippen molar-refractivity contribution in [2.75, 3.05) is 6.54 Å². The molecule has 1 aliphatic rings. The summed E-state index contributed by atoms with van der Waals surface area (Å²) in [6.07, 6.45) is 1.74. The summed E-state index contributed by atoms with van der Waals surface area (Å²) in [7, 11) is 0. The van der Waals surface area contributed by atoms with E-state index in [4.69, 9.17) is 32.6 Å². The lowest BCUT2D eigenvalue weighted by molar-refractivity contribution is -0.122. The number of likely N-dealkylation sites (N-methyl/N-ethyl adjacent to an activating group) is 1. The van der Waals surface area contributed by atoms with E-state index in [9.17, 15) is 4.79 Å². The predicted molar refractivity (Wildman–Crippen MR) is 130 cm³/mol. The second kappa shape index (κ2) is 8.95. The van der Waals surface area contributed by atoms with Crippen LogP contribution in [0.1, 0.15) is 23.8 Å². The molecule has 2 aromatic carbocycles. The van der Waals surface area contributed by atoms with E-state index >= 15 is 0 Å². The van der Waals surface area contributed by atoms with Crippen LogP contribution in [0.2, 0.25) is 10.0 Å². The molecular weight excluding hydrogens is 451 g/mol. The van der Waals surface area contributed by atoms with Gasteiger partial charge in [0.15, 0.2) is 5.17 Å². The number of aryl methyl sites for hydroxylation is 2. The Labute approximate surface area is 195 Å². The number of amides is 1. The van der Waals surface area contributed by atoms with Gasteiger partial charge in [0.25, 0.3) is 5.91 Å². The number of rotatable bonds is 4. The monoisotopic (exact) mass is 470 g/mol. The van der Waals surface area contributed by atoms with Gasteiger partial charge in [0.1, 0.15) is 11.5 Å². The molecule has 3 aromatic rings. The van der Waals surface area contributed by atoms with Crippen LogP contribution < -0.4 is 0 Å². The second-order valence-electron chi connectivity index (χ2n) is 7.10. The molecule has 1 saturated heterocycles. The van der Waals surface area contributed by atoms with E-state index in [1.807, 2.05) is 63.2 Å². The Morgan fingerprint density at radius 3 is 2.48 bits per heavy atom. The zero-order chi connectivity index (χ0) is 22.1. The van der Waals surface area contributed by atoms with Gasteiger partial charge in [-0.25, -0.2) is 4.99 Å². The minimum atomic E-state index is -0.0868. The van der Waals surface area contributed by atoms with E-state index in [1.165, 1.54) is 11.8 Å². The Morgan fingerprint density at radius 2 is 1.77 bits per heavy atom. The third-order valence-corrected chi connectivity index (χ3v) is 6.79. The molecule has 2 heterocycles. The van der Waals surface area contributed by atoms with Crippen LogP contribution in [0.15, 0.2) is 62.8 Å². The van der Waals surface area contributed by atoms with Crippen LogP contribution in [0.5, 0.6) is 0 Å². The molecule has 0 N–H and O–H groups in total. The third-order valence-electron chi connectivity index (χ3n) is 4.97. The summed E-state index contributed by atoms with van der Waals surface area (Å²) in [4.78, 5) is 20.0. The van der Waals surface area contributed by atoms with Crippen LogP contribution in [-0.4, -0.2) is 22.5 Å². The number of carbonyl (C=O) groups is 1. The van der Waals surface area contributed by atoms with Gasteiger partial charge in [-0.1, -0.05) is 47.5 Å². The van der Waals surface area contributed by atoms with Gasteiger partial charge in [0.2, 0.25) is 0 Å². The summed E-state index contributed by atoms with van der Waals surface area (Å²) in [6.45, 7) is 6.51. The molecular formula is C24H20Cl2N2O2S. The highest BCUT2D eigenvalue weighted by atomic mass is 35.5. The van der Waals surface area contributed by atoms with Crippen molar-refractivity contribution >= 4 is 57.8 Å². The van der Waals surface area contributed by atoms with E-state index in [0.29, 0.717) is 43.7 Å². The van der Waals surface area contributed by atoms with Crippen LogP contribution in [0.4, 0.5) is 5.69 Å². The number of halogens is 2. The molecule has 1 aromatic heterocycles. The average molecular weight is 471 g/mol. The predicted octanol–water partition coefficient (Wildman–Crippen LogP) is 7.49. The first kappa shape index (κ1) is 21.8. The maximum absolute atomic E-state index is 13.0. The Bertz CT molecular complexity index is 1210. The molecule has 0 spiro atoms. The van der Waals surface area contributed by atoms with Crippen molar-refractivity contribution in [1.29, 1.82) is 0 Å². The van der Waals surface area contributed by atoms with E-state index in [0.717, 1.165) is 16.8 Å². The van der Waals surface area contributed by atoms with Crippen LogP contribution in [-0.2, 0) is 4.79 Å². The standard InChI is InChI=1S/C24H20Cl2N2O2S/c1-4-28-23(29)20(31-24(28)27-22-14(2)7-5-8-15(22)3)13-16-11-12-19(30-16)17-9-6-10-18(25)21(17)26/h5-13H,4H2,1-3H3/b20-13+,27-24?. The first-order valence-electron chi connectivity index (χ1n) is 9.79. The smallest absolute Gasteiger partial charge is 0.266 e. The summed E-state index contributed by atoms with van der Waals surface area (Å²) < 4.78 is 5.93. The number of hydrogen-bond acceptors (Lipinski definition) is 4. The summed E-state index contributed by atoms with van der Waals surface area (Å²) in [5.74, 6) is 1.06. The van der Waals surface area contributed by atoms with E-state index in [1.54, 1.807) is 17.0 Å². The van der Waals surface area contributed by atoms with Crippen molar-refractivity contribution in [2.24, 2.45) is 4.99 Å². The number of thioether (sulfide) groups is 1. The lowest BCUT2D eigenvalue weighted by atomic mass is 10.1. The van der Waals surface area contributed by atoms with Crippen LogP contribution in [0.3, 0.4) is 0 Å². The number of amidine groups is 1. The summed E-state index contributed by atoms with van der Waals surface area (Å²) in [6, 6.07) is 15.1. The molecule has 0 bridgehead atoms. The number of benzene rings is 2. The van der Waals surface area contributed by atoms with E-state index < -0.39 is 0 Å². The largest absolute Gasteiger partial charge is 0.457 e. The number of furan rings is 1. The Morgan fingerprint density at radius 1 is 1.06 bits per heavy atom. The lowest BCUT2D eigenvalue weighted by Gasteiger charge is -2.13. The lowest BCUT2D eigenvalue weighted by Crippen LogP contribution is -2.28. The molecule has 31 heavy (non-hydrogen) atoms.